The van der Waals surface area contributed by atoms with E-state index in [-0.39, 0.29) is 29.7 Å². The molecule has 2 rings (SSSR count). The third-order valence-corrected chi connectivity index (χ3v) is 4.88. The number of likely N-dealkylation sites (N-methyl/N-ethyl adjacent to an activating group) is 1. The van der Waals surface area contributed by atoms with Crippen LogP contribution >= 0.6 is 24.0 Å². The summed E-state index contributed by atoms with van der Waals surface area (Å²) < 4.78 is 26.1. The fourth-order valence-corrected chi connectivity index (χ4v) is 3.04. The van der Waals surface area contributed by atoms with E-state index in [0.717, 1.165) is 31.9 Å². The molecule has 0 unspecified atom stereocenters. The van der Waals surface area contributed by atoms with E-state index in [1.807, 2.05) is 11.9 Å². The lowest BCUT2D eigenvalue weighted by molar-refractivity contribution is 0.316. The Morgan fingerprint density at radius 3 is 2.68 bits per heavy atom. The number of aliphatic imine (C=N–C) groups is 1. The van der Waals surface area contributed by atoms with E-state index in [1.165, 1.54) is 6.42 Å². The molecule has 0 aromatic heterocycles. The van der Waals surface area contributed by atoms with Gasteiger partial charge in [0, 0.05) is 26.7 Å². The van der Waals surface area contributed by atoms with Gasteiger partial charge in [-0.25, -0.2) is 13.1 Å². The Kier molecular flexibility index (Phi) is 6.81. The number of hydrogen-bond acceptors (Lipinski definition) is 5. The smallest absolute Gasteiger partial charge is 0.213 e. The number of halogens is 1. The van der Waals surface area contributed by atoms with Crippen molar-refractivity contribution in [1.82, 2.24) is 14.9 Å². The van der Waals surface area contributed by atoms with Crippen molar-refractivity contribution in [2.24, 2.45) is 10.9 Å². The molecular formula is C11H23IN4O2S. The van der Waals surface area contributed by atoms with Gasteiger partial charge in [0.2, 0.25) is 10.0 Å². The van der Waals surface area contributed by atoms with Gasteiger partial charge in [-0.05, 0) is 18.8 Å². The molecule has 0 radical (unpaired) electrons. The lowest BCUT2D eigenvalue weighted by atomic mass is 9.86. The van der Waals surface area contributed by atoms with Crippen LogP contribution in [0.2, 0.25) is 0 Å². The van der Waals surface area contributed by atoms with Crippen LogP contribution in [0.4, 0.5) is 0 Å². The summed E-state index contributed by atoms with van der Waals surface area (Å²) in [7, 11) is -1.20. The highest BCUT2D eigenvalue weighted by molar-refractivity contribution is 14.0. The molecule has 0 amide bonds. The summed E-state index contributed by atoms with van der Waals surface area (Å²) in [6.45, 7) is 2.69. The number of sulfonamides is 1. The molecule has 0 aromatic rings. The van der Waals surface area contributed by atoms with Crippen LogP contribution in [-0.2, 0) is 10.0 Å². The minimum Gasteiger partial charge on any atom is -0.355 e. The molecule has 6 nitrogen and oxygen atoms in total. The Bertz CT molecular complexity index is 409. The second kappa shape index (κ2) is 7.63. The van der Waals surface area contributed by atoms with E-state index in [1.54, 1.807) is 0 Å². The van der Waals surface area contributed by atoms with Crippen LogP contribution in [0.15, 0.2) is 4.99 Å². The van der Waals surface area contributed by atoms with E-state index in [4.69, 9.17) is 0 Å². The molecule has 8 heteroatoms. The summed E-state index contributed by atoms with van der Waals surface area (Å²) in [5.41, 5.74) is 0. The van der Waals surface area contributed by atoms with Crippen molar-refractivity contribution in [3.05, 3.63) is 0 Å². The third-order valence-electron chi connectivity index (χ3n) is 3.53. The molecular weight excluding hydrogens is 379 g/mol. The second-order valence-corrected chi connectivity index (χ2v) is 6.94. The monoisotopic (exact) mass is 402 g/mol. The highest BCUT2D eigenvalue weighted by Crippen LogP contribution is 2.25. The van der Waals surface area contributed by atoms with Gasteiger partial charge >= 0.3 is 0 Å². The van der Waals surface area contributed by atoms with E-state index < -0.39 is 10.0 Å². The minimum atomic E-state index is -3.15. The van der Waals surface area contributed by atoms with Gasteiger partial charge in [0.1, 0.15) is 0 Å². The molecule has 1 heterocycles. The van der Waals surface area contributed by atoms with Gasteiger partial charge in [0.05, 0.1) is 12.3 Å². The summed E-state index contributed by atoms with van der Waals surface area (Å²) in [6, 6.07) is 0. The van der Waals surface area contributed by atoms with Crippen LogP contribution in [0.5, 0.6) is 0 Å². The molecule has 2 aliphatic rings. The quantitative estimate of drug-likeness (QED) is 0.624. The maximum absolute atomic E-state index is 11.7. The predicted octanol–water partition coefficient (Wildman–Crippen LogP) is 0.215. The molecule has 0 aromatic carbocycles. The summed E-state index contributed by atoms with van der Waals surface area (Å²) in [4.78, 5) is 6.24. The SMILES string of the molecule is CN1CCN=C1NCCS(=O)(=O)NCC1CCC1.I. The number of rotatable bonds is 6. The fourth-order valence-electron chi connectivity index (χ4n) is 2.03. The van der Waals surface area contributed by atoms with Crippen molar-refractivity contribution >= 4 is 40.0 Å². The van der Waals surface area contributed by atoms with Gasteiger partial charge in [-0.1, -0.05) is 6.42 Å². The molecule has 2 N–H and O–H groups in total. The maximum Gasteiger partial charge on any atom is 0.213 e. The van der Waals surface area contributed by atoms with Crippen molar-refractivity contribution in [2.75, 3.05) is 39.0 Å². The molecule has 1 saturated carbocycles. The Labute approximate surface area is 132 Å². The number of nitrogens with zero attached hydrogens (tertiary/aromatic N) is 2. The Morgan fingerprint density at radius 2 is 2.16 bits per heavy atom. The lowest BCUT2D eigenvalue weighted by Gasteiger charge is -2.25. The van der Waals surface area contributed by atoms with Crippen molar-refractivity contribution in [3.63, 3.8) is 0 Å². The number of guanidine groups is 1. The van der Waals surface area contributed by atoms with Gasteiger partial charge in [-0.15, -0.1) is 24.0 Å². The molecule has 0 atom stereocenters. The first kappa shape index (κ1) is 17.0. The fraction of sp³-hybridized carbons (Fsp3) is 0.909. The maximum atomic E-state index is 11.7. The summed E-state index contributed by atoms with van der Waals surface area (Å²) in [5, 5.41) is 3.06. The zero-order chi connectivity index (χ0) is 13.0. The molecule has 0 saturated heterocycles. The van der Waals surface area contributed by atoms with Crippen molar-refractivity contribution in [1.29, 1.82) is 0 Å². The summed E-state index contributed by atoms with van der Waals surface area (Å²) in [6.07, 6.45) is 3.55. The van der Waals surface area contributed by atoms with Crippen molar-refractivity contribution in [3.8, 4) is 0 Å². The van der Waals surface area contributed by atoms with Gasteiger partial charge in [0.25, 0.3) is 0 Å². The molecule has 1 aliphatic carbocycles. The van der Waals surface area contributed by atoms with Crippen LogP contribution in [-0.4, -0.2) is 58.3 Å². The Hall–Kier alpha value is -0.0900. The van der Waals surface area contributed by atoms with E-state index in [2.05, 4.69) is 15.0 Å². The molecule has 19 heavy (non-hydrogen) atoms. The first-order valence-electron chi connectivity index (χ1n) is 6.53. The number of hydrogen-bond donors (Lipinski definition) is 2. The predicted molar refractivity (Wildman–Crippen MR) is 87.5 cm³/mol. The average Bonchev–Trinajstić information content (AvgIpc) is 2.62. The van der Waals surface area contributed by atoms with Gasteiger partial charge in [0.15, 0.2) is 5.96 Å². The Balaban J connectivity index is 0.00000180. The minimum absolute atomic E-state index is 0. The van der Waals surface area contributed by atoms with Crippen molar-refractivity contribution in [2.45, 2.75) is 19.3 Å². The first-order valence-corrected chi connectivity index (χ1v) is 8.19. The van der Waals surface area contributed by atoms with E-state index in [0.29, 0.717) is 19.0 Å². The summed E-state index contributed by atoms with van der Waals surface area (Å²) in [5.74, 6) is 1.45. The highest BCUT2D eigenvalue weighted by atomic mass is 127. The molecule has 0 spiro atoms. The van der Waals surface area contributed by atoms with E-state index in [9.17, 15) is 8.42 Å². The second-order valence-electron chi connectivity index (χ2n) is 5.02. The van der Waals surface area contributed by atoms with Crippen LogP contribution in [0.3, 0.4) is 0 Å². The topological polar surface area (TPSA) is 73.8 Å². The van der Waals surface area contributed by atoms with Gasteiger partial charge in [-0.2, -0.15) is 0 Å². The normalized spacial score (nSPS) is 19.6. The first-order chi connectivity index (χ1) is 8.57. The van der Waals surface area contributed by atoms with Crippen LogP contribution < -0.4 is 10.0 Å². The zero-order valence-electron chi connectivity index (χ0n) is 11.3. The van der Waals surface area contributed by atoms with Crippen molar-refractivity contribution < 1.29 is 8.42 Å². The van der Waals surface area contributed by atoms with E-state index >= 15 is 0 Å². The molecule has 1 fully saturated rings. The van der Waals surface area contributed by atoms with Crippen LogP contribution in [0.25, 0.3) is 0 Å². The lowest BCUT2D eigenvalue weighted by Crippen LogP contribution is -2.41. The average molecular weight is 402 g/mol. The van der Waals surface area contributed by atoms with Crippen LogP contribution in [0, 0.1) is 5.92 Å². The Morgan fingerprint density at radius 1 is 1.42 bits per heavy atom. The summed E-state index contributed by atoms with van der Waals surface area (Å²) >= 11 is 0. The van der Waals surface area contributed by atoms with Gasteiger partial charge in [-0.3, -0.25) is 4.99 Å². The molecule has 112 valence electrons. The molecule has 0 bridgehead atoms. The number of nitrogens with one attached hydrogen (secondary N) is 2. The largest absolute Gasteiger partial charge is 0.355 e. The van der Waals surface area contributed by atoms with Gasteiger partial charge < -0.3 is 10.2 Å². The highest BCUT2D eigenvalue weighted by Gasteiger charge is 2.20. The van der Waals surface area contributed by atoms with Crippen LogP contribution in [0.1, 0.15) is 19.3 Å². The zero-order valence-corrected chi connectivity index (χ0v) is 14.4. The standard InChI is InChI=1S/C11H22N4O2S.HI/c1-15-7-5-12-11(15)13-6-8-18(16,17)14-9-10-3-2-4-10;/h10,14H,2-9H2,1H3,(H,12,13);1H. The third kappa shape index (κ3) is 5.42. The molecule has 1 aliphatic heterocycles.